The van der Waals surface area contributed by atoms with Gasteiger partial charge in [-0.15, -0.1) is 0 Å². The van der Waals surface area contributed by atoms with E-state index in [9.17, 15) is 5.11 Å². The quantitative estimate of drug-likeness (QED) is 0.799. The number of hydrogen-bond donors (Lipinski definition) is 2. The fourth-order valence-corrected chi connectivity index (χ4v) is 1.80. The third-order valence-electron chi connectivity index (χ3n) is 2.94. The van der Waals surface area contributed by atoms with E-state index in [0.29, 0.717) is 11.8 Å². The number of aromatic hydroxyl groups is 1. The van der Waals surface area contributed by atoms with Gasteiger partial charge in [-0.05, 0) is 44.9 Å². The Balaban J connectivity index is 2.38. The zero-order valence-electron chi connectivity index (χ0n) is 11.2. The Bertz CT molecular complexity index is 333. The van der Waals surface area contributed by atoms with Crippen LogP contribution in [0.15, 0.2) is 24.3 Å². The maximum Gasteiger partial charge on any atom is 0.115 e. The average Bonchev–Trinajstić information content (AvgIpc) is 2.28. The van der Waals surface area contributed by atoms with E-state index in [1.165, 1.54) is 5.56 Å². The normalized spacial score (nSPS) is 13.6. The van der Waals surface area contributed by atoms with Crippen LogP contribution < -0.4 is 5.32 Å². The molecule has 0 aromatic heterocycles. The van der Waals surface area contributed by atoms with E-state index in [0.717, 1.165) is 13.0 Å². The topological polar surface area (TPSA) is 41.5 Å². The summed E-state index contributed by atoms with van der Waals surface area (Å²) in [5.41, 5.74) is 1.08. The van der Waals surface area contributed by atoms with Crippen molar-refractivity contribution in [1.82, 2.24) is 5.32 Å². The molecule has 0 heterocycles. The molecule has 96 valence electrons. The highest BCUT2D eigenvalue weighted by atomic mass is 16.5. The van der Waals surface area contributed by atoms with E-state index >= 15 is 0 Å². The SMILES string of the molecule is COC(C)(C)CC(C)NCc1ccc(O)cc1. The van der Waals surface area contributed by atoms with Crippen LogP contribution in [0.4, 0.5) is 0 Å². The summed E-state index contributed by atoms with van der Waals surface area (Å²) in [6, 6.07) is 7.66. The molecular formula is C14H23NO2. The minimum absolute atomic E-state index is 0.0959. The Morgan fingerprint density at radius 2 is 1.88 bits per heavy atom. The molecule has 17 heavy (non-hydrogen) atoms. The van der Waals surface area contributed by atoms with Crippen LogP contribution in [0.1, 0.15) is 32.8 Å². The first-order valence-corrected chi connectivity index (χ1v) is 5.99. The van der Waals surface area contributed by atoms with E-state index in [4.69, 9.17) is 4.74 Å². The molecule has 0 saturated heterocycles. The van der Waals surface area contributed by atoms with Gasteiger partial charge in [-0.25, -0.2) is 0 Å². The van der Waals surface area contributed by atoms with Crippen LogP contribution in [0.3, 0.4) is 0 Å². The number of rotatable bonds is 6. The summed E-state index contributed by atoms with van der Waals surface area (Å²) < 4.78 is 5.40. The largest absolute Gasteiger partial charge is 0.508 e. The number of nitrogens with one attached hydrogen (secondary N) is 1. The molecule has 3 nitrogen and oxygen atoms in total. The van der Waals surface area contributed by atoms with E-state index < -0.39 is 0 Å². The summed E-state index contributed by atoms with van der Waals surface area (Å²) in [5, 5.41) is 12.6. The van der Waals surface area contributed by atoms with Crippen LogP contribution in [0.2, 0.25) is 0 Å². The molecule has 0 saturated carbocycles. The van der Waals surface area contributed by atoms with Gasteiger partial charge in [0.1, 0.15) is 5.75 Å². The summed E-state index contributed by atoms with van der Waals surface area (Å²) in [6.45, 7) is 7.14. The minimum Gasteiger partial charge on any atom is -0.508 e. The fraction of sp³-hybridized carbons (Fsp3) is 0.571. The number of phenolic OH excluding ortho intramolecular Hbond substituents is 1. The van der Waals surface area contributed by atoms with Gasteiger partial charge >= 0.3 is 0 Å². The van der Waals surface area contributed by atoms with Gasteiger partial charge in [0.2, 0.25) is 0 Å². The van der Waals surface area contributed by atoms with Gasteiger partial charge in [-0.2, -0.15) is 0 Å². The van der Waals surface area contributed by atoms with Gasteiger partial charge in [0.05, 0.1) is 5.60 Å². The first-order chi connectivity index (χ1) is 7.93. The molecule has 0 aliphatic heterocycles. The predicted molar refractivity (Wildman–Crippen MR) is 70.1 cm³/mol. The first kappa shape index (κ1) is 14.0. The molecule has 0 aliphatic rings. The Labute approximate surface area is 104 Å². The predicted octanol–water partition coefficient (Wildman–Crippen LogP) is 2.69. The smallest absolute Gasteiger partial charge is 0.115 e. The van der Waals surface area contributed by atoms with Crippen LogP contribution in [-0.2, 0) is 11.3 Å². The third kappa shape index (κ3) is 5.20. The molecule has 0 radical (unpaired) electrons. The Morgan fingerprint density at radius 1 is 1.29 bits per heavy atom. The average molecular weight is 237 g/mol. The molecule has 0 aliphatic carbocycles. The second-order valence-electron chi connectivity index (χ2n) is 5.12. The lowest BCUT2D eigenvalue weighted by atomic mass is 10.00. The first-order valence-electron chi connectivity index (χ1n) is 5.99. The molecule has 2 N–H and O–H groups in total. The summed E-state index contributed by atoms with van der Waals surface area (Å²) in [5.74, 6) is 0.308. The summed E-state index contributed by atoms with van der Waals surface area (Å²) in [6.07, 6.45) is 0.960. The number of phenols is 1. The Hall–Kier alpha value is -1.06. The standard InChI is InChI=1S/C14H23NO2/c1-11(9-14(2,3)17-4)15-10-12-5-7-13(16)8-6-12/h5-8,11,15-16H,9-10H2,1-4H3. The Kier molecular flexibility index (Phi) is 4.97. The monoisotopic (exact) mass is 237 g/mol. The second-order valence-corrected chi connectivity index (χ2v) is 5.12. The maximum absolute atomic E-state index is 9.18. The van der Waals surface area contributed by atoms with Gasteiger partial charge < -0.3 is 15.2 Å². The van der Waals surface area contributed by atoms with Crippen molar-refractivity contribution in [2.45, 2.75) is 45.4 Å². The molecule has 0 spiro atoms. The van der Waals surface area contributed by atoms with Crippen LogP contribution >= 0.6 is 0 Å². The van der Waals surface area contributed by atoms with Gasteiger partial charge in [0, 0.05) is 19.7 Å². The van der Waals surface area contributed by atoms with Crippen molar-refractivity contribution in [3.8, 4) is 5.75 Å². The zero-order valence-corrected chi connectivity index (χ0v) is 11.2. The van der Waals surface area contributed by atoms with E-state index in [-0.39, 0.29) is 5.60 Å². The third-order valence-corrected chi connectivity index (χ3v) is 2.94. The lowest BCUT2D eigenvalue weighted by molar-refractivity contribution is 0.00844. The molecular weight excluding hydrogens is 214 g/mol. The van der Waals surface area contributed by atoms with Crippen LogP contribution in [0.25, 0.3) is 0 Å². The molecule has 1 unspecified atom stereocenters. The van der Waals surface area contributed by atoms with E-state index in [1.54, 1.807) is 19.2 Å². The van der Waals surface area contributed by atoms with Crippen molar-refractivity contribution in [3.63, 3.8) is 0 Å². The molecule has 1 rings (SSSR count). The summed E-state index contributed by atoms with van der Waals surface area (Å²) in [7, 11) is 1.74. The van der Waals surface area contributed by atoms with Crippen molar-refractivity contribution < 1.29 is 9.84 Å². The second kappa shape index (κ2) is 6.03. The molecule has 1 aromatic carbocycles. The number of methoxy groups -OCH3 is 1. The molecule has 0 amide bonds. The van der Waals surface area contributed by atoms with E-state index in [1.807, 2.05) is 12.1 Å². The fourth-order valence-electron chi connectivity index (χ4n) is 1.80. The van der Waals surface area contributed by atoms with Crippen molar-refractivity contribution in [2.75, 3.05) is 7.11 Å². The van der Waals surface area contributed by atoms with Crippen LogP contribution in [0.5, 0.6) is 5.75 Å². The molecule has 0 bridgehead atoms. The van der Waals surface area contributed by atoms with Crippen LogP contribution in [0, 0.1) is 0 Å². The lowest BCUT2D eigenvalue weighted by Gasteiger charge is -2.27. The molecule has 0 fully saturated rings. The highest BCUT2D eigenvalue weighted by Crippen LogP contribution is 2.16. The van der Waals surface area contributed by atoms with Gasteiger partial charge in [-0.1, -0.05) is 12.1 Å². The molecule has 3 heteroatoms. The highest BCUT2D eigenvalue weighted by molar-refractivity contribution is 5.25. The van der Waals surface area contributed by atoms with Crippen LogP contribution in [-0.4, -0.2) is 23.9 Å². The lowest BCUT2D eigenvalue weighted by Crippen LogP contribution is -2.35. The summed E-state index contributed by atoms with van der Waals surface area (Å²) >= 11 is 0. The van der Waals surface area contributed by atoms with Crippen molar-refractivity contribution in [1.29, 1.82) is 0 Å². The van der Waals surface area contributed by atoms with Crippen molar-refractivity contribution in [2.24, 2.45) is 0 Å². The molecule has 1 atom stereocenters. The summed E-state index contributed by atoms with van der Waals surface area (Å²) in [4.78, 5) is 0. The van der Waals surface area contributed by atoms with Crippen molar-refractivity contribution >= 4 is 0 Å². The highest BCUT2D eigenvalue weighted by Gasteiger charge is 2.19. The maximum atomic E-state index is 9.18. The van der Waals surface area contributed by atoms with Gasteiger partial charge in [0.25, 0.3) is 0 Å². The number of benzene rings is 1. The minimum atomic E-state index is -0.0959. The Morgan fingerprint density at radius 3 is 2.41 bits per heavy atom. The zero-order chi connectivity index (χ0) is 12.9. The molecule has 1 aromatic rings. The van der Waals surface area contributed by atoms with E-state index in [2.05, 4.69) is 26.1 Å². The van der Waals surface area contributed by atoms with Gasteiger partial charge in [-0.3, -0.25) is 0 Å². The number of hydrogen-bond acceptors (Lipinski definition) is 3. The van der Waals surface area contributed by atoms with Crippen molar-refractivity contribution in [3.05, 3.63) is 29.8 Å². The van der Waals surface area contributed by atoms with Gasteiger partial charge in [0.15, 0.2) is 0 Å². The number of ether oxygens (including phenoxy) is 1.